The van der Waals surface area contributed by atoms with Crippen LogP contribution in [0.5, 0.6) is 0 Å². The summed E-state index contributed by atoms with van der Waals surface area (Å²) in [5.41, 5.74) is 2.16. The number of thiazole rings is 2. The number of para-hydroxylation sites is 2. The molecule has 0 aliphatic carbocycles. The molecule has 0 bridgehead atoms. The first-order valence-corrected chi connectivity index (χ1v) is 11.6. The van der Waals surface area contributed by atoms with Crippen LogP contribution in [0, 0.1) is 0 Å². The van der Waals surface area contributed by atoms with Crippen LogP contribution in [0.15, 0.2) is 77.8 Å². The zero-order chi connectivity index (χ0) is 16.6. The van der Waals surface area contributed by atoms with E-state index in [2.05, 4.69) is 48.5 Å². The van der Waals surface area contributed by atoms with Crippen molar-refractivity contribution in [2.45, 2.75) is 17.1 Å². The van der Waals surface area contributed by atoms with Crippen LogP contribution in [-0.4, -0.2) is 9.97 Å². The molecule has 0 radical (unpaired) electrons. The van der Waals surface area contributed by atoms with Gasteiger partial charge < -0.3 is 0 Å². The summed E-state index contributed by atoms with van der Waals surface area (Å²) in [5.74, 6) is 0. The number of thiophene rings is 1. The minimum Gasteiger partial charge on any atom is -0.229 e. The molecule has 0 saturated carbocycles. The van der Waals surface area contributed by atoms with Gasteiger partial charge in [0.15, 0.2) is 8.68 Å². The Bertz CT molecular complexity index is 1010. The van der Waals surface area contributed by atoms with Gasteiger partial charge in [0.05, 0.1) is 28.9 Å². The minimum atomic E-state index is 1.08. The standard InChI is InChI=1S/C18H10N2S5/c1-3-7-13-11(5-1)19-17(21-13)24-15-9-10-16(23-15)25-18-20-12-6-2-4-8-14(12)22-18/h1-10H. The van der Waals surface area contributed by atoms with E-state index >= 15 is 0 Å². The number of hydrogen-bond donors (Lipinski definition) is 0. The predicted octanol–water partition coefficient (Wildman–Crippen LogP) is 7.27. The lowest BCUT2D eigenvalue weighted by atomic mass is 10.3. The van der Waals surface area contributed by atoms with E-state index in [1.807, 2.05) is 12.1 Å². The van der Waals surface area contributed by atoms with Crippen LogP contribution in [0.4, 0.5) is 0 Å². The largest absolute Gasteiger partial charge is 0.229 e. The first kappa shape index (κ1) is 15.8. The molecule has 0 spiro atoms. The van der Waals surface area contributed by atoms with Crippen molar-refractivity contribution in [3.63, 3.8) is 0 Å². The molecule has 7 heteroatoms. The second kappa shape index (κ2) is 6.74. The molecule has 2 aromatic carbocycles. The zero-order valence-corrected chi connectivity index (χ0v) is 16.8. The molecular weight excluding hydrogens is 405 g/mol. The molecule has 0 atom stereocenters. The van der Waals surface area contributed by atoms with E-state index in [0.29, 0.717) is 0 Å². The normalized spacial score (nSPS) is 11.5. The van der Waals surface area contributed by atoms with Gasteiger partial charge in [0.1, 0.15) is 0 Å². The maximum absolute atomic E-state index is 4.70. The van der Waals surface area contributed by atoms with E-state index in [4.69, 9.17) is 9.97 Å². The van der Waals surface area contributed by atoms with Gasteiger partial charge in [0.2, 0.25) is 0 Å². The molecule has 0 fully saturated rings. The Kier molecular flexibility index (Phi) is 4.27. The monoisotopic (exact) mass is 414 g/mol. The number of rotatable bonds is 4. The average Bonchev–Trinajstić information content (AvgIpc) is 3.32. The first-order chi connectivity index (χ1) is 12.3. The maximum Gasteiger partial charge on any atom is 0.156 e. The van der Waals surface area contributed by atoms with Gasteiger partial charge in [-0.1, -0.05) is 24.3 Å². The Labute approximate surface area is 165 Å². The van der Waals surface area contributed by atoms with Gasteiger partial charge in [-0.3, -0.25) is 0 Å². The molecular formula is C18H10N2S5. The summed E-state index contributed by atoms with van der Waals surface area (Å²) >= 11 is 8.79. The molecule has 0 aliphatic rings. The topological polar surface area (TPSA) is 25.8 Å². The maximum atomic E-state index is 4.70. The molecule has 5 aromatic rings. The van der Waals surface area contributed by atoms with Crippen molar-refractivity contribution < 1.29 is 0 Å². The molecule has 0 amide bonds. The van der Waals surface area contributed by atoms with Crippen LogP contribution in [0.2, 0.25) is 0 Å². The van der Waals surface area contributed by atoms with Crippen LogP contribution in [0.25, 0.3) is 20.4 Å². The SMILES string of the molecule is c1ccc2sc(Sc3ccc(Sc4nc5ccccc5s4)s3)nc2c1. The smallest absolute Gasteiger partial charge is 0.156 e. The summed E-state index contributed by atoms with van der Waals surface area (Å²) in [5, 5.41) is 0. The number of fused-ring (bicyclic) bond motifs is 2. The molecule has 0 saturated heterocycles. The Hall–Kier alpha value is -1.38. The minimum absolute atomic E-state index is 1.08. The fourth-order valence-corrected chi connectivity index (χ4v) is 8.37. The van der Waals surface area contributed by atoms with Gasteiger partial charge in [-0.2, -0.15) is 0 Å². The summed E-state index contributed by atoms with van der Waals surface area (Å²) < 4.78 is 7.21. The highest BCUT2D eigenvalue weighted by atomic mass is 32.2. The van der Waals surface area contributed by atoms with E-state index < -0.39 is 0 Å². The average molecular weight is 415 g/mol. The summed E-state index contributed by atoms with van der Waals surface area (Å²) in [6.45, 7) is 0. The molecule has 2 nitrogen and oxygen atoms in total. The number of aromatic nitrogens is 2. The lowest BCUT2D eigenvalue weighted by molar-refractivity contribution is 1.30. The summed E-state index contributed by atoms with van der Waals surface area (Å²) in [7, 11) is 0. The van der Waals surface area contributed by atoms with Crippen LogP contribution >= 0.6 is 57.5 Å². The van der Waals surface area contributed by atoms with Gasteiger partial charge in [0.25, 0.3) is 0 Å². The van der Waals surface area contributed by atoms with Crippen molar-refractivity contribution in [3.05, 3.63) is 60.7 Å². The highest BCUT2D eigenvalue weighted by Gasteiger charge is 2.10. The van der Waals surface area contributed by atoms with Crippen LogP contribution < -0.4 is 0 Å². The van der Waals surface area contributed by atoms with Gasteiger partial charge in [-0.15, -0.1) is 34.0 Å². The Morgan fingerprint density at radius 1 is 0.560 bits per heavy atom. The Morgan fingerprint density at radius 2 is 1.04 bits per heavy atom. The van der Waals surface area contributed by atoms with E-state index in [0.717, 1.165) is 19.7 Å². The van der Waals surface area contributed by atoms with Crippen LogP contribution in [0.3, 0.4) is 0 Å². The van der Waals surface area contributed by atoms with Gasteiger partial charge in [0, 0.05) is 0 Å². The van der Waals surface area contributed by atoms with Crippen LogP contribution in [-0.2, 0) is 0 Å². The third-order valence-corrected chi connectivity index (χ3v) is 9.02. The second-order valence-electron chi connectivity index (χ2n) is 5.17. The Balaban J connectivity index is 1.35. The van der Waals surface area contributed by atoms with Crippen molar-refractivity contribution in [1.29, 1.82) is 0 Å². The van der Waals surface area contributed by atoms with Gasteiger partial charge >= 0.3 is 0 Å². The summed E-state index contributed by atoms with van der Waals surface area (Å²) in [4.78, 5) is 9.40. The van der Waals surface area contributed by atoms with Gasteiger partial charge in [-0.05, 0) is 59.9 Å². The molecule has 3 aromatic heterocycles. The molecule has 25 heavy (non-hydrogen) atoms. The molecule has 122 valence electrons. The summed E-state index contributed by atoms with van der Waals surface area (Å²) in [6.07, 6.45) is 0. The second-order valence-corrected chi connectivity index (χ2v) is 11.4. The lowest BCUT2D eigenvalue weighted by Gasteiger charge is -1.91. The summed E-state index contributed by atoms with van der Waals surface area (Å²) in [6, 6.07) is 20.9. The quantitative estimate of drug-likeness (QED) is 0.309. The zero-order valence-electron chi connectivity index (χ0n) is 12.7. The van der Waals surface area contributed by atoms with Gasteiger partial charge in [-0.25, -0.2) is 9.97 Å². The third kappa shape index (κ3) is 3.35. The number of nitrogens with zero attached hydrogens (tertiary/aromatic N) is 2. The fraction of sp³-hybridized carbons (Fsp3) is 0. The predicted molar refractivity (Wildman–Crippen MR) is 112 cm³/mol. The van der Waals surface area contributed by atoms with E-state index in [1.54, 1.807) is 57.5 Å². The van der Waals surface area contributed by atoms with Crippen molar-refractivity contribution in [2.75, 3.05) is 0 Å². The first-order valence-electron chi connectivity index (χ1n) is 7.50. The lowest BCUT2D eigenvalue weighted by Crippen LogP contribution is -1.67. The van der Waals surface area contributed by atoms with Crippen molar-refractivity contribution in [2.24, 2.45) is 0 Å². The van der Waals surface area contributed by atoms with Crippen molar-refractivity contribution in [1.82, 2.24) is 9.97 Å². The number of hydrogen-bond acceptors (Lipinski definition) is 7. The third-order valence-electron chi connectivity index (χ3n) is 3.48. The van der Waals surface area contributed by atoms with E-state index in [9.17, 15) is 0 Å². The molecule has 5 rings (SSSR count). The molecule has 0 aliphatic heterocycles. The van der Waals surface area contributed by atoms with Crippen molar-refractivity contribution >= 4 is 78.0 Å². The van der Waals surface area contributed by atoms with Crippen LogP contribution in [0.1, 0.15) is 0 Å². The highest BCUT2D eigenvalue weighted by molar-refractivity contribution is 8.05. The number of benzene rings is 2. The molecule has 0 N–H and O–H groups in total. The fourth-order valence-electron chi connectivity index (χ4n) is 2.37. The van der Waals surface area contributed by atoms with Crippen molar-refractivity contribution in [3.8, 4) is 0 Å². The molecule has 3 heterocycles. The van der Waals surface area contributed by atoms with E-state index in [-0.39, 0.29) is 0 Å². The van der Waals surface area contributed by atoms with E-state index in [1.165, 1.54) is 17.8 Å². The molecule has 0 unspecified atom stereocenters. The Morgan fingerprint density at radius 3 is 1.52 bits per heavy atom. The highest BCUT2D eigenvalue weighted by Crippen LogP contribution is 2.43.